The molecule has 1 unspecified atom stereocenters. The van der Waals surface area contributed by atoms with E-state index in [1.807, 2.05) is 86.1 Å². The van der Waals surface area contributed by atoms with Gasteiger partial charge < -0.3 is 14.9 Å². The molecular formula is C30H35N3O4. The van der Waals surface area contributed by atoms with Crippen LogP contribution in [0.5, 0.6) is 0 Å². The zero-order chi connectivity index (χ0) is 26.4. The zero-order valence-electron chi connectivity index (χ0n) is 21.8. The van der Waals surface area contributed by atoms with Crippen molar-refractivity contribution >= 4 is 17.0 Å². The number of hydrogen-bond donors (Lipinski definition) is 2. The monoisotopic (exact) mass is 501 g/mol. The van der Waals surface area contributed by atoms with Crippen molar-refractivity contribution in [2.75, 3.05) is 6.61 Å². The van der Waals surface area contributed by atoms with E-state index in [2.05, 4.69) is 10.3 Å². The number of nitrogens with zero attached hydrogens (tertiary/aromatic N) is 3. The van der Waals surface area contributed by atoms with Gasteiger partial charge in [-0.2, -0.15) is 0 Å². The van der Waals surface area contributed by atoms with Crippen LogP contribution < -0.4 is 0 Å². The second-order valence-electron chi connectivity index (χ2n) is 9.65. The van der Waals surface area contributed by atoms with Crippen LogP contribution in [-0.4, -0.2) is 37.8 Å². The number of ether oxygens (including phenoxy) is 1. The molecule has 0 saturated carbocycles. The Bertz CT molecular complexity index is 1370. The molecule has 0 saturated heterocycles. The topological polar surface area (TPSA) is 97.5 Å². The quantitative estimate of drug-likeness (QED) is 0.262. The van der Waals surface area contributed by atoms with Crippen molar-refractivity contribution in [2.45, 2.75) is 65.2 Å². The zero-order valence-corrected chi connectivity index (χ0v) is 21.8. The van der Waals surface area contributed by atoms with Gasteiger partial charge in [-0.25, -0.2) is 4.68 Å². The average Bonchev–Trinajstić information content (AvgIpc) is 3.33. The number of hydrogen-bond acceptors (Lipinski definition) is 5. The predicted molar refractivity (Wildman–Crippen MR) is 143 cm³/mol. The second kappa shape index (κ2) is 11.7. The molecule has 0 radical (unpaired) electrons. The van der Waals surface area contributed by atoms with Crippen LogP contribution in [0, 0.1) is 13.8 Å². The first-order valence-electron chi connectivity index (χ1n) is 12.8. The van der Waals surface area contributed by atoms with E-state index in [1.54, 1.807) is 0 Å². The third-order valence-electron chi connectivity index (χ3n) is 7.33. The predicted octanol–water partition coefficient (Wildman–Crippen LogP) is 5.12. The summed E-state index contributed by atoms with van der Waals surface area (Å²) in [4.78, 5) is 12.8. The van der Waals surface area contributed by atoms with Gasteiger partial charge in [0.25, 0.3) is 0 Å². The van der Waals surface area contributed by atoms with Crippen molar-refractivity contribution in [1.82, 2.24) is 15.0 Å². The maximum Gasteiger partial charge on any atom is 0.314 e. The summed E-state index contributed by atoms with van der Waals surface area (Å²) < 4.78 is 7.66. The lowest BCUT2D eigenvalue weighted by molar-refractivity contribution is -0.144. The Kier molecular flexibility index (Phi) is 8.36. The first-order chi connectivity index (χ1) is 17.9. The molecule has 0 aliphatic carbocycles. The van der Waals surface area contributed by atoms with Crippen LogP contribution in [-0.2, 0) is 41.1 Å². The third-order valence-corrected chi connectivity index (χ3v) is 7.33. The molecule has 2 N–H and O–H groups in total. The maximum atomic E-state index is 12.8. The fourth-order valence-electron chi connectivity index (χ4n) is 5.04. The Balaban J connectivity index is 1.54. The van der Waals surface area contributed by atoms with Crippen LogP contribution in [0.25, 0.3) is 11.0 Å². The highest BCUT2D eigenvalue weighted by Gasteiger charge is 2.40. The van der Waals surface area contributed by atoms with Crippen molar-refractivity contribution in [2.24, 2.45) is 0 Å². The highest BCUT2D eigenvalue weighted by molar-refractivity contribution is 5.87. The summed E-state index contributed by atoms with van der Waals surface area (Å²) in [6, 6.07) is 19.7. The van der Waals surface area contributed by atoms with Crippen molar-refractivity contribution in [1.29, 1.82) is 0 Å². The highest BCUT2D eigenvalue weighted by Crippen LogP contribution is 2.37. The van der Waals surface area contributed by atoms with E-state index < -0.39 is 11.4 Å². The number of aromatic nitrogens is 3. The Labute approximate surface area is 217 Å². The molecule has 1 heterocycles. The number of rotatable bonds is 12. The Morgan fingerprint density at radius 2 is 1.84 bits per heavy atom. The number of aryl methyl sites for hydroxylation is 3. The van der Waals surface area contributed by atoms with Crippen LogP contribution in [0.1, 0.15) is 53.1 Å². The van der Waals surface area contributed by atoms with Crippen LogP contribution in [0.3, 0.4) is 0 Å². The lowest BCUT2D eigenvalue weighted by Crippen LogP contribution is -2.38. The van der Waals surface area contributed by atoms with Crippen LogP contribution in [0.4, 0.5) is 0 Å². The molecule has 1 atom stereocenters. The van der Waals surface area contributed by atoms with Crippen LogP contribution in [0.15, 0.2) is 60.7 Å². The summed E-state index contributed by atoms with van der Waals surface area (Å²) in [5.74, 6) is -0.869. The molecule has 0 fully saturated rings. The number of carboxylic acid groups (broad SMARTS) is 1. The van der Waals surface area contributed by atoms with Gasteiger partial charge in [-0.05, 0) is 72.6 Å². The van der Waals surface area contributed by atoms with Crippen LogP contribution >= 0.6 is 0 Å². The molecular weight excluding hydrogens is 466 g/mol. The Hall–Kier alpha value is -3.55. The van der Waals surface area contributed by atoms with E-state index in [0.29, 0.717) is 32.6 Å². The number of fused-ring (bicyclic) bond motifs is 1. The molecule has 0 aliphatic rings. The lowest BCUT2D eigenvalue weighted by Gasteiger charge is -2.31. The number of aliphatic carboxylic acids is 1. The fourth-order valence-corrected chi connectivity index (χ4v) is 5.04. The summed E-state index contributed by atoms with van der Waals surface area (Å²) in [5.41, 5.74) is 5.92. The molecule has 3 aromatic carbocycles. The summed E-state index contributed by atoms with van der Waals surface area (Å²) in [6.07, 6.45) is 1.54. The largest absolute Gasteiger partial charge is 0.481 e. The highest BCUT2D eigenvalue weighted by atomic mass is 16.5. The smallest absolute Gasteiger partial charge is 0.314 e. The number of carboxylic acids is 1. The van der Waals surface area contributed by atoms with Crippen molar-refractivity contribution < 1.29 is 19.7 Å². The van der Waals surface area contributed by atoms with Gasteiger partial charge in [-0.15, -0.1) is 5.10 Å². The van der Waals surface area contributed by atoms with Gasteiger partial charge in [0.15, 0.2) is 0 Å². The molecule has 0 spiro atoms. The number of carbonyl (C=O) groups is 1. The van der Waals surface area contributed by atoms with Gasteiger partial charge in [0.1, 0.15) is 5.52 Å². The van der Waals surface area contributed by atoms with Gasteiger partial charge >= 0.3 is 5.97 Å². The molecule has 0 aliphatic heterocycles. The Morgan fingerprint density at radius 1 is 1.05 bits per heavy atom. The van der Waals surface area contributed by atoms with E-state index in [-0.39, 0.29) is 6.61 Å². The van der Waals surface area contributed by atoms with Gasteiger partial charge in [0.2, 0.25) is 0 Å². The number of benzene rings is 3. The van der Waals surface area contributed by atoms with E-state index in [1.165, 1.54) is 0 Å². The van der Waals surface area contributed by atoms with Gasteiger partial charge in [-0.3, -0.25) is 4.79 Å². The standard InChI is InChI=1S/C30H35N3O4/c1-4-30(29(35)36,18-24-12-11-21(2)25(17-24)19-34)26-13-14-27-28(22(26)3)31-32-33(27)15-8-16-37-20-23-9-6-5-7-10-23/h5-7,9-14,17,34H,4,8,15-16,18-20H2,1-3H3,(H,35,36). The molecule has 4 aromatic rings. The number of aliphatic hydroxyl groups is 1. The summed E-state index contributed by atoms with van der Waals surface area (Å²) in [6.45, 7) is 7.56. The van der Waals surface area contributed by atoms with Crippen molar-refractivity contribution in [3.8, 4) is 0 Å². The lowest BCUT2D eigenvalue weighted by atomic mass is 9.71. The molecule has 37 heavy (non-hydrogen) atoms. The molecule has 7 heteroatoms. The first-order valence-corrected chi connectivity index (χ1v) is 12.8. The minimum atomic E-state index is -1.12. The Morgan fingerprint density at radius 3 is 2.54 bits per heavy atom. The average molecular weight is 502 g/mol. The summed E-state index contributed by atoms with van der Waals surface area (Å²) >= 11 is 0. The first kappa shape index (κ1) is 26.5. The molecule has 7 nitrogen and oxygen atoms in total. The van der Waals surface area contributed by atoms with Gasteiger partial charge in [0, 0.05) is 13.2 Å². The minimum absolute atomic E-state index is 0.0722. The van der Waals surface area contributed by atoms with Crippen molar-refractivity contribution in [3.05, 3.63) is 94.0 Å². The van der Waals surface area contributed by atoms with E-state index in [0.717, 1.165) is 50.8 Å². The van der Waals surface area contributed by atoms with E-state index >= 15 is 0 Å². The SMILES string of the molecule is CCC(Cc1ccc(C)c(CO)c1)(C(=O)O)c1ccc2c(nnn2CCCOCc2ccccc2)c1C. The molecule has 1 aromatic heterocycles. The molecule has 0 amide bonds. The number of aliphatic hydroxyl groups excluding tert-OH is 1. The normalized spacial score (nSPS) is 13.1. The van der Waals surface area contributed by atoms with Crippen LogP contribution in [0.2, 0.25) is 0 Å². The summed E-state index contributed by atoms with van der Waals surface area (Å²) in [5, 5.41) is 28.9. The van der Waals surface area contributed by atoms with Crippen molar-refractivity contribution in [3.63, 3.8) is 0 Å². The van der Waals surface area contributed by atoms with Gasteiger partial charge in [0.05, 0.1) is 24.1 Å². The second-order valence-corrected chi connectivity index (χ2v) is 9.65. The van der Waals surface area contributed by atoms with E-state index in [9.17, 15) is 15.0 Å². The van der Waals surface area contributed by atoms with E-state index in [4.69, 9.17) is 4.74 Å². The third kappa shape index (κ3) is 5.58. The molecule has 0 bridgehead atoms. The fraction of sp³-hybridized carbons (Fsp3) is 0.367. The minimum Gasteiger partial charge on any atom is -0.481 e. The molecule has 194 valence electrons. The maximum absolute atomic E-state index is 12.8. The molecule has 4 rings (SSSR count). The van der Waals surface area contributed by atoms with Gasteiger partial charge in [-0.1, -0.05) is 66.7 Å². The summed E-state index contributed by atoms with van der Waals surface area (Å²) in [7, 11) is 0.